The molecular formula is C31H58N2O4. The Morgan fingerprint density at radius 1 is 1.05 bits per heavy atom. The quantitative estimate of drug-likeness (QED) is 0.104. The smallest absolute Gasteiger partial charge is 0.133 e. The van der Waals surface area contributed by atoms with Gasteiger partial charge < -0.3 is 14.3 Å². The zero-order chi connectivity index (χ0) is 27.7. The normalized spacial score (nSPS) is 19.2. The van der Waals surface area contributed by atoms with E-state index >= 15 is 0 Å². The summed E-state index contributed by atoms with van der Waals surface area (Å²) in [4.78, 5) is 18.8. The number of hydroxylamine groups is 2. The molecule has 1 aliphatic rings. The Hall–Kier alpha value is -1.47. The Balaban J connectivity index is 0.00000122. The van der Waals surface area contributed by atoms with Crippen LogP contribution >= 0.6 is 0 Å². The van der Waals surface area contributed by atoms with Gasteiger partial charge in [0.15, 0.2) is 0 Å². The van der Waals surface area contributed by atoms with E-state index in [1.807, 2.05) is 25.1 Å². The summed E-state index contributed by atoms with van der Waals surface area (Å²) >= 11 is 0. The number of hydrogen-bond donors (Lipinski definition) is 0. The highest BCUT2D eigenvalue weighted by atomic mass is 16.7. The number of hydrogen-bond acceptors (Lipinski definition) is 6. The van der Waals surface area contributed by atoms with Crippen LogP contribution < -0.4 is 0 Å². The lowest BCUT2D eigenvalue weighted by atomic mass is 9.98. The number of nitrogens with zero attached hydrogens (tertiary/aromatic N) is 2. The first kappa shape index (κ1) is 35.5. The zero-order valence-electron chi connectivity index (χ0n) is 25.2. The Morgan fingerprint density at radius 3 is 2.49 bits per heavy atom. The molecule has 216 valence electrons. The number of carbonyl (C=O) groups is 1. The van der Waals surface area contributed by atoms with Crippen molar-refractivity contribution in [3.63, 3.8) is 0 Å². The fraction of sp³-hybridized carbons (Fsp3) is 0.774. The van der Waals surface area contributed by atoms with E-state index in [4.69, 9.17) is 14.3 Å². The van der Waals surface area contributed by atoms with Gasteiger partial charge in [0.1, 0.15) is 6.29 Å². The summed E-state index contributed by atoms with van der Waals surface area (Å²) in [5, 5.41) is 1.89. The Labute approximate surface area is 229 Å². The molecule has 0 fully saturated rings. The second-order valence-corrected chi connectivity index (χ2v) is 9.89. The van der Waals surface area contributed by atoms with Crippen molar-refractivity contribution >= 4 is 6.29 Å². The lowest BCUT2D eigenvalue weighted by Crippen LogP contribution is -2.42. The lowest BCUT2D eigenvalue weighted by Gasteiger charge is -2.32. The van der Waals surface area contributed by atoms with Crippen molar-refractivity contribution in [1.82, 2.24) is 9.96 Å². The van der Waals surface area contributed by atoms with Gasteiger partial charge in [0.05, 0.1) is 32.1 Å². The van der Waals surface area contributed by atoms with Crippen molar-refractivity contribution in [2.24, 2.45) is 5.92 Å². The van der Waals surface area contributed by atoms with E-state index in [1.165, 1.54) is 24.8 Å². The van der Waals surface area contributed by atoms with Crippen LogP contribution in [0.5, 0.6) is 0 Å². The van der Waals surface area contributed by atoms with Gasteiger partial charge in [-0.05, 0) is 56.6 Å². The molecular weight excluding hydrogens is 464 g/mol. The molecule has 0 aromatic heterocycles. The predicted molar refractivity (Wildman–Crippen MR) is 157 cm³/mol. The highest BCUT2D eigenvalue weighted by Gasteiger charge is 2.20. The predicted octanol–water partition coefficient (Wildman–Crippen LogP) is 6.98. The minimum Gasteiger partial charge on any atom is -0.498 e. The summed E-state index contributed by atoms with van der Waals surface area (Å²) < 4.78 is 11.6. The average Bonchev–Trinajstić information content (AvgIpc) is 2.99. The third kappa shape index (κ3) is 19.3. The van der Waals surface area contributed by atoms with Gasteiger partial charge in [-0.25, -0.2) is 0 Å². The fourth-order valence-electron chi connectivity index (χ4n) is 4.04. The number of allylic oxidation sites excluding steroid dienone is 4. The molecule has 0 saturated carbocycles. The van der Waals surface area contributed by atoms with E-state index in [2.05, 4.69) is 57.7 Å². The van der Waals surface area contributed by atoms with Crippen molar-refractivity contribution in [3.8, 4) is 0 Å². The van der Waals surface area contributed by atoms with Gasteiger partial charge in [-0.1, -0.05) is 72.1 Å². The fourth-order valence-corrected chi connectivity index (χ4v) is 4.04. The summed E-state index contributed by atoms with van der Waals surface area (Å²) in [5.74, 6) is 1.28. The topological polar surface area (TPSA) is 51.2 Å². The van der Waals surface area contributed by atoms with Gasteiger partial charge in [-0.2, -0.15) is 5.06 Å². The summed E-state index contributed by atoms with van der Waals surface area (Å²) in [6.45, 7) is 18.3. The molecule has 2 unspecified atom stereocenters. The highest BCUT2D eigenvalue weighted by molar-refractivity contribution is 5.52. The minimum atomic E-state index is 0.278. The van der Waals surface area contributed by atoms with Crippen molar-refractivity contribution in [1.29, 1.82) is 0 Å². The van der Waals surface area contributed by atoms with E-state index in [-0.39, 0.29) is 6.04 Å². The molecule has 0 aromatic carbocycles. The maximum atomic E-state index is 11.3. The van der Waals surface area contributed by atoms with Crippen molar-refractivity contribution < 1.29 is 19.1 Å². The van der Waals surface area contributed by atoms with E-state index in [9.17, 15) is 4.79 Å². The minimum absolute atomic E-state index is 0.278. The summed E-state index contributed by atoms with van der Waals surface area (Å²) in [5.41, 5.74) is 1.27. The molecule has 6 heteroatoms. The van der Waals surface area contributed by atoms with Crippen LogP contribution in [-0.2, 0) is 19.1 Å². The summed E-state index contributed by atoms with van der Waals surface area (Å²) in [6.07, 6.45) is 18.6. The second kappa shape index (κ2) is 24.8. The zero-order valence-corrected chi connectivity index (χ0v) is 25.2. The van der Waals surface area contributed by atoms with E-state index in [1.54, 1.807) is 0 Å². The molecule has 0 N–H and O–H groups in total. The molecule has 1 heterocycles. The summed E-state index contributed by atoms with van der Waals surface area (Å²) in [6, 6.07) is 0.278. The number of unbranched alkanes of at least 4 members (excludes halogenated alkanes) is 3. The highest BCUT2D eigenvalue weighted by Crippen LogP contribution is 2.19. The van der Waals surface area contributed by atoms with Crippen molar-refractivity contribution in [3.05, 3.63) is 35.6 Å². The van der Waals surface area contributed by atoms with Crippen LogP contribution in [0.1, 0.15) is 92.9 Å². The van der Waals surface area contributed by atoms with Gasteiger partial charge in [-0.3, -0.25) is 9.74 Å². The van der Waals surface area contributed by atoms with E-state index in [0.29, 0.717) is 19.1 Å². The van der Waals surface area contributed by atoms with Crippen LogP contribution in [0.3, 0.4) is 0 Å². The molecule has 0 amide bonds. The SMILES string of the molecule is CCCCCCOCC(CC)N(CC=O)CC(C)C1=C/C=C(\C)OCC\C=C\1.CCCON(C)CCC. The van der Waals surface area contributed by atoms with Gasteiger partial charge in [-0.15, -0.1) is 0 Å². The molecule has 0 radical (unpaired) electrons. The molecule has 0 saturated heterocycles. The van der Waals surface area contributed by atoms with Crippen molar-refractivity contribution in [2.75, 3.05) is 53.1 Å². The van der Waals surface area contributed by atoms with Crippen molar-refractivity contribution in [2.45, 2.75) is 99.0 Å². The average molecular weight is 523 g/mol. The number of ether oxygens (including phenoxy) is 2. The summed E-state index contributed by atoms with van der Waals surface area (Å²) in [7, 11) is 1.97. The number of aldehydes is 1. The molecule has 1 aliphatic heterocycles. The maximum Gasteiger partial charge on any atom is 0.133 e. The third-order valence-electron chi connectivity index (χ3n) is 6.32. The molecule has 2 atom stereocenters. The monoisotopic (exact) mass is 522 g/mol. The third-order valence-corrected chi connectivity index (χ3v) is 6.32. The van der Waals surface area contributed by atoms with E-state index < -0.39 is 0 Å². The first-order valence-electron chi connectivity index (χ1n) is 14.7. The number of carbonyl (C=O) groups excluding carboxylic acids is 1. The Morgan fingerprint density at radius 2 is 1.84 bits per heavy atom. The molecule has 37 heavy (non-hydrogen) atoms. The van der Waals surface area contributed by atoms with Crippen LogP contribution in [0.4, 0.5) is 0 Å². The van der Waals surface area contributed by atoms with Gasteiger partial charge >= 0.3 is 0 Å². The first-order chi connectivity index (χ1) is 17.9. The maximum absolute atomic E-state index is 11.3. The molecule has 6 nitrogen and oxygen atoms in total. The molecule has 1 rings (SSSR count). The van der Waals surface area contributed by atoms with E-state index in [0.717, 1.165) is 77.1 Å². The molecule has 0 bridgehead atoms. The van der Waals surface area contributed by atoms with Crippen LogP contribution in [0.15, 0.2) is 35.6 Å². The number of rotatable bonds is 19. The van der Waals surface area contributed by atoms with Crippen LogP contribution in [0.25, 0.3) is 0 Å². The van der Waals surface area contributed by atoms with Gasteiger partial charge in [0.25, 0.3) is 0 Å². The first-order valence-corrected chi connectivity index (χ1v) is 14.7. The van der Waals surface area contributed by atoms with Gasteiger partial charge in [0, 0.05) is 32.8 Å². The van der Waals surface area contributed by atoms with Gasteiger partial charge in [0.2, 0.25) is 0 Å². The Bertz CT molecular complexity index is 633. The standard InChI is InChI=1S/C24H41NO3.C7H17NO/c1-5-7-8-10-17-27-20-24(6-2)25(15-16-26)19-21(3)23-12-9-11-18-28-22(4)13-14-23;1-4-6-8(3)9-7-5-2/h9,12-14,16,21,24H,5-8,10-11,15,17-20H2,1-4H3;4-7H2,1-3H3/b12-9+,22-13+,23-14+;. The second-order valence-electron chi connectivity index (χ2n) is 9.89. The van der Waals surface area contributed by atoms with Crippen LogP contribution in [0.2, 0.25) is 0 Å². The molecule has 0 aliphatic carbocycles. The lowest BCUT2D eigenvalue weighted by molar-refractivity contribution is -0.139. The molecule has 0 spiro atoms. The molecule has 0 aromatic rings. The largest absolute Gasteiger partial charge is 0.498 e. The Kier molecular flexibility index (Phi) is 23.9. The van der Waals surface area contributed by atoms with Crippen LogP contribution in [0, 0.1) is 5.92 Å². The van der Waals surface area contributed by atoms with Crippen LogP contribution in [-0.4, -0.2) is 75.4 Å².